The number of hydrogen-bond donors (Lipinski definition) is 3. The number of carbonyl (C=O) groups excluding carboxylic acids is 2. The van der Waals surface area contributed by atoms with Crippen molar-refractivity contribution in [3.8, 4) is 0 Å². The Bertz CT molecular complexity index is 998. The molecule has 0 radical (unpaired) electrons. The van der Waals surface area contributed by atoms with Crippen LogP contribution in [0.25, 0.3) is 0 Å². The number of urea groups is 1. The van der Waals surface area contributed by atoms with E-state index in [1.807, 2.05) is 75.4 Å². The Morgan fingerprint density at radius 1 is 0.767 bits per heavy atom. The summed E-state index contributed by atoms with van der Waals surface area (Å²) in [7, 11) is 0. The zero-order valence-corrected chi connectivity index (χ0v) is 17.5. The Kier molecular flexibility index (Phi) is 6.86. The zero-order chi connectivity index (χ0) is 21.5. The summed E-state index contributed by atoms with van der Waals surface area (Å²) in [6.45, 7) is 5.81. The van der Waals surface area contributed by atoms with E-state index in [4.69, 9.17) is 0 Å². The van der Waals surface area contributed by atoms with E-state index in [1.54, 1.807) is 24.3 Å². The van der Waals surface area contributed by atoms with E-state index in [2.05, 4.69) is 16.0 Å². The second kappa shape index (κ2) is 9.74. The molecule has 0 spiro atoms. The van der Waals surface area contributed by atoms with E-state index in [9.17, 15) is 9.59 Å². The van der Waals surface area contributed by atoms with Gasteiger partial charge in [0.15, 0.2) is 0 Å². The van der Waals surface area contributed by atoms with Crippen LogP contribution in [-0.4, -0.2) is 18.0 Å². The molecule has 0 aliphatic carbocycles. The molecule has 0 aliphatic heterocycles. The van der Waals surface area contributed by atoms with E-state index >= 15 is 0 Å². The molecule has 30 heavy (non-hydrogen) atoms. The van der Waals surface area contributed by atoms with Gasteiger partial charge in [0.05, 0.1) is 6.04 Å². The summed E-state index contributed by atoms with van der Waals surface area (Å²) >= 11 is 0. The van der Waals surface area contributed by atoms with Gasteiger partial charge < -0.3 is 16.0 Å². The maximum atomic E-state index is 13.0. The maximum Gasteiger partial charge on any atom is 0.319 e. The molecule has 0 fully saturated rings. The van der Waals surface area contributed by atoms with E-state index in [0.29, 0.717) is 11.3 Å². The number of rotatable bonds is 6. The van der Waals surface area contributed by atoms with E-state index in [1.165, 1.54) is 0 Å². The predicted molar refractivity (Wildman–Crippen MR) is 121 cm³/mol. The Balaban J connectivity index is 1.81. The third-order valence-corrected chi connectivity index (χ3v) is 4.62. The molecule has 1 unspecified atom stereocenters. The Morgan fingerprint density at radius 2 is 1.43 bits per heavy atom. The highest BCUT2D eigenvalue weighted by Gasteiger charge is 2.18. The van der Waals surface area contributed by atoms with Crippen LogP contribution in [0.1, 0.15) is 46.9 Å². The number of aryl methyl sites for hydroxylation is 1. The average Bonchev–Trinajstić information content (AvgIpc) is 2.73. The number of amides is 3. The van der Waals surface area contributed by atoms with E-state index in [0.717, 1.165) is 16.7 Å². The number of hydrogen-bond acceptors (Lipinski definition) is 2. The topological polar surface area (TPSA) is 70.2 Å². The Labute approximate surface area is 177 Å². The van der Waals surface area contributed by atoms with Crippen molar-refractivity contribution in [1.29, 1.82) is 0 Å². The lowest BCUT2D eigenvalue weighted by Crippen LogP contribution is -2.34. The van der Waals surface area contributed by atoms with Gasteiger partial charge >= 0.3 is 6.03 Å². The fraction of sp³-hybridized carbons (Fsp3) is 0.200. The molecule has 3 aromatic rings. The molecule has 3 N–H and O–H groups in total. The normalized spacial score (nSPS) is 11.6. The molecule has 3 aromatic carbocycles. The second-order valence-corrected chi connectivity index (χ2v) is 7.56. The predicted octanol–water partition coefficient (Wildman–Crippen LogP) is 5.04. The van der Waals surface area contributed by atoms with Crippen molar-refractivity contribution >= 4 is 17.6 Å². The lowest BCUT2D eigenvalue weighted by atomic mass is 9.97. The molecule has 0 heterocycles. The second-order valence-electron chi connectivity index (χ2n) is 7.56. The number of anilines is 1. The van der Waals surface area contributed by atoms with Gasteiger partial charge in [-0.1, -0.05) is 66.2 Å². The fourth-order valence-electron chi connectivity index (χ4n) is 3.15. The molecule has 5 heteroatoms. The van der Waals surface area contributed by atoms with Crippen molar-refractivity contribution in [2.24, 2.45) is 0 Å². The summed E-state index contributed by atoms with van der Waals surface area (Å²) in [5.74, 6) is -0.211. The smallest absolute Gasteiger partial charge is 0.319 e. The lowest BCUT2D eigenvalue weighted by molar-refractivity contribution is 0.0943. The monoisotopic (exact) mass is 401 g/mol. The Hall–Kier alpha value is -3.60. The highest BCUT2D eigenvalue weighted by molar-refractivity contribution is 5.97. The van der Waals surface area contributed by atoms with Gasteiger partial charge in [0.25, 0.3) is 5.91 Å². The first kappa shape index (κ1) is 21.1. The largest absolute Gasteiger partial charge is 0.341 e. The molecule has 154 valence electrons. The van der Waals surface area contributed by atoms with Gasteiger partial charge in [0, 0.05) is 17.3 Å². The van der Waals surface area contributed by atoms with Crippen LogP contribution in [0.15, 0.2) is 78.9 Å². The highest BCUT2D eigenvalue weighted by atomic mass is 16.2. The summed E-state index contributed by atoms with van der Waals surface area (Å²) in [5.41, 5.74) is 4.21. The molecule has 1 atom stereocenters. The minimum Gasteiger partial charge on any atom is -0.341 e. The minimum absolute atomic E-state index is 0.0256. The summed E-state index contributed by atoms with van der Waals surface area (Å²) in [4.78, 5) is 25.0. The van der Waals surface area contributed by atoms with E-state index < -0.39 is 0 Å². The summed E-state index contributed by atoms with van der Waals surface area (Å²) in [6.07, 6.45) is 0. The molecule has 0 bridgehead atoms. The molecule has 0 saturated carbocycles. The van der Waals surface area contributed by atoms with Crippen LogP contribution in [0.2, 0.25) is 0 Å². The quantitative estimate of drug-likeness (QED) is 0.541. The van der Waals surface area contributed by atoms with Gasteiger partial charge in [-0.25, -0.2) is 4.79 Å². The highest BCUT2D eigenvalue weighted by Crippen LogP contribution is 2.23. The molecule has 0 aromatic heterocycles. The van der Waals surface area contributed by atoms with Gasteiger partial charge in [-0.05, 0) is 50.1 Å². The van der Waals surface area contributed by atoms with Crippen molar-refractivity contribution < 1.29 is 9.59 Å². The molecule has 3 rings (SSSR count). The first-order valence-electron chi connectivity index (χ1n) is 10.0. The average molecular weight is 402 g/mol. The number of benzene rings is 3. The van der Waals surface area contributed by atoms with Crippen LogP contribution < -0.4 is 16.0 Å². The number of nitrogens with one attached hydrogen (secondary N) is 3. The maximum absolute atomic E-state index is 13.0. The standard InChI is InChI=1S/C25H27N3O2/c1-17(2)26-25(30)27-22-11-7-10-21(16-22)24(29)28-23(19-8-5-4-6-9-19)20-14-12-18(3)13-15-20/h4-17,23H,1-3H3,(H,28,29)(H2,26,27,30). The lowest BCUT2D eigenvalue weighted by Gasteiger charge is -2.20. The van der Waals surface area contributed by atoms with Crippen LogP contribution in [0.4, 0.5) is 10.5 Å². The van der Waals surface area contributed by atoms with Crippen LogP contribution in [0, 0.1) is 6.92 Å². The fourth-order valence-corrected chi connectivity index (χ4v) is 3.15. The first-order valence-corrected chi connectivity index (χ1v) is 10.0. The first-order chi connectivity index (χ1) is 14.4. The SMILES string of the molecule is Cc1ccc(C(NC(=O)c2cccc(NC(=O)NC(C)C)c2)c2ccccc2)cc1. The van der Waals surface area contributed by atoms with Crippen molar-refractivity contribution in [2.45, 2.75) is 32.9 Å². The molecular formula is C25H27N3O2. The third-order valence-electron chi connectivity index (χ3n) is 4.62. The van der Waals surface area contributed by atoms with Gasteiger partial charge in [-0.2, -0.15) is 0 Å². The minimum atomic E-state index is -0.302. The van der Waals surface area contributed by atoms with Crippen LogP contribution in [0.3, 0.4) is 0 Å². The molecule has 0 saturated heterocycles. The third kappa shape index (κ3) is 5.70. The summed E-state index contributed by atoms with van der Waals surface area (Å²) in [6, 6.07) is 24.4. The van der Waals surface area contributed by atoms with Gasteiger partial charge in [-0.15, -0.1) is 0 Å². The van der Waals surface area contributed by atoms with Crippen molar-refractivity contribution in [2.75, 3.05) is 5.32 Å². The van der Waals surface area contributed by atoms with Crippen molar-refractivity contribution in [3.63, 3.8) is 0 Å². The van der Waals surface area contributed by atoms with Crippen LogP contribution >= 0.6 is 0 Å². The van der Waals surface area contributed by atoms with Crippen LogP contribution in [0.5, 0.6) is 0 Å². The van der Waals surface area contributed by atoms with Gasteiger partial charge in [0.2, 0.25) is 0 Å². The summed E-state index contributed by atoms with van der Waals surface area (Å²) in [5, 5.41) is 8.66. The molecule has 0 aliphatic rings. The van der Waals surface area contributed by atoms with Gasteiger partial charge in [-0.3, -0.25) is 4.79 Å². The number of carbonyl (C=O) groups is 2. The van der Waals surface area contributed by atoms with Gasteiger partial charge in [0.1, 0.15) is 0 Å². The zero-order valence-electron chi connectivity index (χ0n) is 17.5. The van der Waals surface area contributed by atoms with Crippen LogP contribution in [-0.2, 0) is 0 Å². The van der Waals surface area contributed by atoms with E-state index in [-0.39, 0.29) is 24.0 Å². The molecular weight excluding hydrogens is 374 g/mol. The molecule has 3 amide bonds. The Morgan fingerprint density at radius 3 is 2.10 bits per heavy atom. The molecule has 5 nitrogen and oxygen atoms in total. The van der Waals surface area contributed by atoms with Crippen molar-refractivity contribution in [3.05, 3.63) is 101 Å². The summed E-state index contributed by atoms with van der Waals surface area (Å²) < 4.78 is 0. The van der Waals surface area contributed by atoms with Crippen molar-refractivity contribution in [1.82, 2.24) is 10.6 Å².